The maximum atomic E-state index is 11.9. The van der Waals surface area contributed by atoms with Crippen LogP contribution >= 0.6 is 11.8 Å². The van der Waals surface area contributed by atoms with E-state index in [1.54, 1.807) is 24.3 Å². The molecule has 6 nitrogen and oxygen atoms in total. The van der Waals surface area contributed by atoms with E-state index in [2.05, 4.69) is 15.2 Å². The van der Waals surface area contributed by atoms with Crippen molar-refractivity contribution in [1.82, 2.24) is 15.2 Å². The molecule has 1 atom stereocenters. The van der Waals surface area contributed by atoms with Crippen LogP contribution in [0.2, 0.25) is 0 Å². The van der Waals surface area contributed by atoms with Crippen molar-refractivity contribution in [2.45, 2.75) is 31.5 Å². The molecule has 0 amide bonds. The third-order valence-corrected chi connectivity index (χ3v) is 4.04. The van der Waals surface area contributed by atoms with Gasteiger partial charge >= 0.3 is 0 Å². The lowest BCUT2D eigenvalue weighted by atomic mass is 10.0. The van der Waals surface area contributed by atoms with E-state index in [0.717, 1.165) is 0 Å². The maximum absolute atomic E-state index is 11.9. The number of aromatic nitrogens is 3. The summed E-state index contributed by atoms with van der Waals surface area (Å²) in [6, 6.07) is 7.03. The molecule has 7 heteroatoms. The van der Waals surface area contributed by atoms with Crippen molar-refractivity contribution in [3.63, 3.8) is 0 Å². The lowest BCUT2D eigenvalue weighted by Gasteiger charge is -2.12. The molecule has 0 aliphatic heterocycles. The molecule has 1 aromatic carbocycles. The summed E-state index contributed by atoms with van der Waals surface area (Å²) >= 11 is 1.38. The van der Waals surface area contributed by atoms with Crippen molar-refractivity contribution in [3.05, 3.63) is 36.2 Å². The highest BCUT2D eigenvalue weighted by atomic mass is 32.2. The summed E-state index contributed by atoms with van der Waals surface area (Å²) in [6.07, 6.45) is 1.35. The number of rotatable bonds is 9. The molecule has 23 heavy (non-hydrogen) atoms. The van der Waals surface area contributed by atoms with Crippen LogP contribution in [0, 0.1) is 5.92 Å². The second-order valence-electron chi connectivity index (χ2n) is 5.61. The van der Waals surface area contributed by atoms with Crippen LogP contribution in [0.4, 0.5) is 0 Å². The van der Waals surface area contributed by atoms with Crippen molar-refractivity contribution in [1.29, 1.82) is 0 Å². The Kier molecular flexibility index (Phi) is 6.61. The molecule has 0 radical (unpaired) electrons. The van der Waals surface area contributed by atoms with Crippen molar-refractivity contribution in [3.8, 4) is 5.75 Å². The number of hydrogen-bond acceptors (Lipinski definition) is 6. The number of aliphatic hydroxyl groups excluding tert-OH is 1. The number of ketones is 1. The Balaban J connectivity index is 1.76. The van der Waals surface area contributed by atoms with Gasteiger partial charge in [-0.1, -0.05) is 25.6 Å². The van der Waals surface area contributed by atoms with Gasteiger partial charge in [-0.2, -0.15) is 5.10 Å². The minimum Gasteiger partial charge on any atom is -0.491 e. The zero-order valence-electron chi connectivity index (χ0n) is 13.2. The van der Waals surface area contributed by atoms with Crippen LogP contribution in [0.1, 0.15) is 30.6 Å². The number of hydrogen-bond donors (Lipinski definition) is 2. The smallest absolute Gasteiger partial charge is 0.183 e. The molecule has 1 heterocycles. The topological polar surface area (TPSA) is 88.1 Å². The van der Waals surface area contributed by atoms with E-state index >= 15 is 0 Å². The molecule has 2 N–H and O–H groups in total. The van der Waals surface area contributed by atoms with E-state index in [4.69, 9.17) is 4.74 Å². The number of H-pyrrole nitrogens is 1. The predicted molar refractivity (Wildman–Crippen MR) is 88.8 cm³/mol. The fourth-order valence-corrected chi connectivity index (χ4v) is 2.59. The Morgan fingerprint density at radius 2 is 2.09 bits per heavy atom. The van der Waals surface area contributed by atoms with Crippen LogP contribution in [0.3, 0.4) is 0 Å². The summed E-state index contributed by atoms with van der Waals surface area (Å²) in [6.45, 7) is 4.22. The minimum atomic E-state index is -0.618. The molecule has 124 valence electrons. The molecule has 0 saturated heterocycles. The lowest BCUT2D eigenvalue weighted by Crippen LogP contribution is -2.20. The van der Waals surface area contributed by atoms with E-state index in [0.29, 0.717) is 34.6 Å². The number of ether oxygens (including phenoxy) is 1. The van der Waals surface area contributed by atoms with Crippen molar-refractivity contribution < 1.29 is 14.6 Å². The highest BCUT2D eigenvalue weighted by Gasteiger charge is 2.10. The number of nitrogens with one attached hydrogen (secondary N) is 1. The van der Waals surface area contributed by atoms with Crippen molar-refractivity contribution in [2.24, 2.45) is 5.92 Å². The highest BCUT2D eigenvalue weighted by molar-refractivity contribution is 7.99. The van der Waals surface area contributed by atoms with Gasteiger partial charge in [-0.15, -0.1) is 0 Å². The Hall–Kier alpha value is -1.86. The van der Waals surface area contributed by atoms with Crippen molar-refractivity contribution in [2.75, 3.05) is 12.4 Å². The number of benzene rings is 1. The summed E-state index contributed by atoms with van der Waals surface area (Å²) in [5.74, 6) is 1.57. The van der Waals surface area contributed by atoms with E-state index in [9.17, 15) is 9.90 Å². The number of aliphatic hydroxyl groups is 1. The summed E-state index contributed by atoms with van der Waals surface area (Å²) in [5, 5.41) is 17.0. The molecule has 0 fully saturated rings. The lowest BCUT2D eigenvalue weighted by molar-refractivity contribution is 0.0967. The fraction of sp³-hybridized carbons (Fsp3) is 0.438. The second-order valence-corrected chi connectivity index (χ2v) is 6.62. The monoisotopic (exact) mass is 335 g/mol. The van der Waals surface area contributed by atoms with Crippen LogP contribution in [0.15, 0.2) is 35.7 Å². The zero-order chi connectivity index (χ0) is 16.7. The fourth-order valence-electron chi connectivity index (χ4n) is 1.91. The first kappa shape index (κ1) is 17.5. The summed E-state index contributed by atoms with van der Waals surface area (Å²) in [5.41, 5.74) is 0.687. The molecular formula is C16H21N3O3S. The third-order valence-electron chi connectivity index (χ3n) is 3.02. The number of thioether (sulfide) groups is 1. The second kappa shape index (κ2) is 8.69. The number of Topliss-reactive ketones (excluding diaryl/α,β-unsaturated/α-hetero) is 1. The normalized spacial score (nSPS) is 12.3. The highest BCUT2D eigenvalue weighted by Crippen LogP contribution is 2.17. The first-order chi connectivity index (χ1) is 11.0. The van der Waals surface area contributed by atoms with Crippen molar-refractivity contribution >= 4 is 17.5 Å². The van der Waals surface area contributed by atoms with Crippen LogP contribution in [0.25, 0.3) is 0 Å². The van der Waals surface area contributed by atoms with Crippen LogP contribution in [-0.4, -0.2) is 44.5 Å². The van der Waals surface area contributed by atoms with Crippen LogP contribution < -0.4 is 4.74 Å². The minimum absolute atomic E-state index is 0.134. The van der Waals surface area contributed by atoms with Gasteiger partial charge in [0.15, 0.2) is 10.9 Å². The molecule has 0 spiro atoms. The van der Waals surface area contributed by atoms with Gasteiger partial charge in [-0.05, 0) is 30.2 Å². The number of carbonyl (C=O) groups excluding carboxylic acids is 1. The first-order valence-electron chi connectivity index (χ1n) is 7.47. The van der Waals surface area contributed by atoms with Gasteiger partial charge in [0.25, 0.3) is 0 Å². The van der Waals surface area contributed by atoms with Gasteiger partial charge in [0.2, 0.25) is 0 Å². The molecule has 2 aromatic rings. The van der Waals surface area contributed by atoms with Crippen LogP contribution in [-0.2, 0) is 0 Å². The largest absolute Gasteiger partial charge is 0.491 e. The summed E-state index contributed by atoms with van der Waals surface area (Å²) < 4.78 is 5.53. The Morgan fingerprint density at radius 3 is 2.70 bits per heavy atom. The van der Waals surface area contributed by atoms with E-state index in [1.807, 2.05) is 13.8 Å². The van der Waals surface area contributed by atoms with Crippen LogP contribution in [0.5, 0.6) is 5.75 Å². The molecule has 0 aliphatic rings. The molecule has 1 aromatic heterocycles. The maximum Gasteiger partial charge on any atom is 0.183 e. The van der Waals surface area contributed by atoms with Gasteiger partial charge in [0.1, 0.15) is 18.7 Å². The molecule has 0 aliphatic carbocycles. The molecule has 1 unspecified atom stereocenters. The molecule has 0 saturated carbocycles. The summed E-state index contributed by atoms with van der Waals surface area (Å²) in [7, 11) is 0. The third kappa shape index (κ3) is 6.03. The van der Waals surface area contributed by atoms with Gasteiger partial charge in [0.05, 0.1) is 6.10 Å². The van der Waals surface area contributed by atoms with E-state index < -0.39 is 6.10 Å². The van der Waals surface area contributed by atoms with Gasteiger partial charge in [0, 0.05) is 17.7 Å². The molecular weight excluding hydrogens is 314 g/mol. The predicted octanol–water partition coefficient (Wildman–Crippen LogP) is 2.57. The van der Waals surface area contributed by atoms with E-state index in [1.165, 1.54) is 18.1 Å². The Labute approximate surface area is 139 Å². The summed E-state index contributed by atoms with van der Waals surface area (Å²) in [4.78, 5) is 15.9. The SMILES string of the molecule is CC(C)CC(=O)c1ccc(OCC(O)CSc2ncn[nH]2)cc1. The van der Waals surface area contributed by atoms with Gasteiger partial charge in [-0.25, -0.2) is 4.98 Å². The Bertz CT molecular complexity index is 600. The standard InChI is InChI=1S/C16H21N3O3S/c1-11(2)7-15(21)12-3-5-14(6-4-12)22-8-13(20)9-23-16-17-10-18-19-16/h3-6,10-11,13,20H,7-9H2,1-2H3,(H,17,18,19). The zero-order valence-corrected chi connectivity index (χ0v) is 14.0. The molecule has 2 rings (SSSR count). The number of aromatic amines is 1. The quantitative estimate of drug-likeness (QED) is 0.541. The first-order valence-corrected chi connectivity index (χ1v) is 8.45. The van der Waals surface area contributed by atoms with Gasteiger partial charge < -0.3 is 9.84 Å². The van der Waals surface area contributed by atoms with E-state index in [-0.39, 0.29) is 12.4 Å². The molecule has 0 bridgehead atoms. The Morgan fingerprint density at radius 1 is 1.35 bits per heavy atom. The van der Waals surface area contributed by atoms with Gasteiger partial charge in [-0.3, -0.25) is 9.89 Å². The average molecular weight is 335 g/mol. The number of carbonyl (C=O) groups is 1. The average Bonchev–Trinajstić information content (AvgIpc) is 3.04. The number of nitrogens with zero attached hydrogens (tertiary/aromatic N) is 2.